The molecule has 174 valence electrons. The molecular formula is C23H21F3N2O4S. The van der Waals surface area contributed by atoms with E-state index in [9.17, 15) is 26.4 Å². The van der Waals surface area contributed by atoms with E-state index in [0.717, 1.165) is 35.3 Å². The van der Waals surface area contributed by atoms with Crippen LogP contribution in [0.3, 0.4) is 0 Å². The lowest BCUT2D eigenvalue weighted by Gasteiger charge is -2.22. The molecule has 0 radical (unpaired) electrons. The van der Waals surface area contributed by atoms with Gasteiger partial charge in [0.05, 0.1) is 23.3 Å². The number of amides is 1. The number of nitrogens with zero attached hydrogens (tertiary/aromatic N) is 1. The second-order valence-electron chi connectivity index (χ2n) is 7.82. The normalized spacial score (nSPS) is 14.4. The third-order valence-corrected chi connectivity index (χ3v) is 6.99. The van der Waals surface area contributed by atoms with Crippen LogP contribution >= 0.6 is 0 Å². The summed E-state index contributed by atoms with van der Waals surface area (Å²) in [6.07, 6.45) is -1.37. The van der Waals surface area contributed by atoms with Gasteiger partial charge in [0, 0.05) is 18.2 Å². The van der Waals surface area contributed by atoms with Crippen LogP contribution in [0.25, 0.3) is 0 Å². The molecule has 0 bridgehead atoms. The minimum Gasteiger partial charge on any atom is -0.468 e. The maximum absolute atomic E-state index is 13.3. The lowest BCUT2D eigenvalue weighted by Crippen LogP contribution is -2.30. The molecule has 2 aromatic carbocycles. The third kappa shape index (κ3) is 5.63. The molecule has 1 fully saturated rings. The van der Waals surface area contributed by atoms with Crippen molar-refractivity contribution in [2.45, 2.75) is 43.0 Å². The molecule has 1 N–H and O–H groups in total. The highest BCUT2D eigenvalue weighted by Crippen LogP contribution is 2.32. The van der Waals surface area contributed by atoms with Crippen molar-refractivity contribution < 1.29 is 30.8 Å². The first-order valence-electron chi connectivity index (χ1n) is 10.2. The van der Waals surface area contributed by atoms with Crippen molar-refractivity contribution in [1.82, 2.24) is 9.62 Å². The van der Waals surface area contributed by atoms with Crippen molar-refractivity contribution in [2.24, 2.45) is 0 Å². The van der Waals surface area contributed by atoms with Crippen LogP contribution < -0.4 is 5.32 Å². The Balaban J connectivity index is 1.60. The molecule has 6 nitrogen and oxygen atoms in total. The largest absolute Gasteiger partial charge is 0.468 e. The number of rotatable bonds is 8. The van der Waals surface area contributed by atoms with Crippen LogP contribution in [0, 0.1) is 0 Å². The van der Waals surface area contributed by atoms with Gasteiger partial charge in [0.15, 0.2) is 0 Å². The molecule has 1 amide bonds. The number of nitrogens with one attached hydrogen (secondary N) is 1. The van der Waals surface area contributed by atoms with E-state index in [0.29, 0.717) is 23.0 Å². The van der Waals surface area contributed by atoms with E-state index in [4.69, 9.17) is 4.42 Å². The van der Waals surface area contributed by atoms with Crippen LogP contribution in [0.15, 0.2) is 76.2 Å². The van der Waals surface area contributed by atoms with Crippen molar-refractivity contribution in [2.75, 3.05) is 0 Å². The van der Waals surface area contributed by atoms with Crippen LogP contribution in [0.4, 0.5) is 13.2 Å². The lowest BCUT2D eigenvalue weighted by molar-refractivity contribution is -0.137. The molecule has 1 aromatic heterocycles. The average molecular weight is 478 g/mol. The minimum absolute atomic E-state index is 0.121. The molecule has 3 aromatic rings. The molecule has 33 heavy (non-hydrogen) atoms. The monoisotopic (exact) mass is 478 g/mol. The predicted octanol–water partition coefficient (Wildman–Crippen LogP) is 4.58. The van der Waals surface area contributed by atoms with Gasteiger partial charge in [-0.15, -0.1) is 0 Å². The highest BCUT2D eigenvalue weighted by Gasteiger charge is 2.33. The summed E-state index contributed by atoms with van der Waals surface area (Å²) < 4.78 is 72.3. The molecule has 1 aliphatic rings. The lowest BCUT2D eigenvalue weighted by atomic mass is 10.1. The Bertz CT molecular complexity index is 1220. The van der Waals surface area contributed by atoms with Crippen LogP contribution in [0.1, 0.15) is 40.1 Å². The van der Waals surface area contributed by atoms with Crippen LogP contribution in [0.5, 0.6) is 0 Å². The number of halogens is 3. The van der Waals surface area contributed by atoms with Gasteiger partial charge in [-0.2, -0.15) is 17.5 Å². The van der Waals surface area contributed by atoms with Gasteiger partial charge >= 0.3 is 6.18 Å². The highest BCUT2D eigenvalue weighted by atomic mass is 32.2. The van der Waals surface area contributed by atoms with Crippen LogP contribution in [0.2, 0.25) is 0 Å². The summed E-state index contributed by atoms with van der Waals surface area (Å²) >= 11 is 0. The van der Waals surface area contributed by atoms with Gasteiger partial charge in [-0.05, 0) is 60.9 Å². The zero-order valence-electron chi connectivity index (χ0n) is 17.4. The highest BCUT2D eigenvalue weighted by molar-refractivity contribution is 7.89. The molecule has 0 spiro atoms. The number of furan rings is 1. The maximum Gasteiger partial charge on any atom is 0.416 e. The zero-order chi connectivity index (χ0) is 23.6. The Morgan fingerprint density at radius 3 is 2.36 bits per heavy atom. The van der Waals surface area contributed by atoms with Gasteiger partial charge in [0.2, 0.25) is 10.0 Å². The Hall–Kier alpha value is -3.11. The van der Waals surface area contributed by atoms with Crippen molar-refractivity contribution in [3.8, 4) is 0 Å². The van der Waals surface area contributed by atoms with Crippen molar-refractivity contribution >= 4 is 15.9 Å². The fraction of sp³-hybridized carbons (Fsp3) is 0.261. The van der Waals surface area contributed by atoms with Crippen LogP contribution in [-0.4, -0.2) is 24.7 Å². The summed E-state index contributed by atoms with van der Waals surface area (Å²) in [6.45, 7) is -0.292. The smallest absolute Gasteiger partial charge is 0.416 e. The van der Waals surface area contributed by atoms with Crippen molar-refractivity contribution in [1.29, 1.82) is 0 Å². The van der Waals surface area contributed by atoms with E-state index in [1.54, 1.807) is 36.4 Å². The first-order valence-corrected chi connectivity index (χ1v) is 11.7. The number of carbonyl (C=O) groups excluding carboxylic acids is 1. The minimum atomic E-state index is -4.67. The summed E-state index contributed by atoms with van der Waals surface area (Å²) in [5.74, 6) is 0.138. The third-order valence-electron chi connectivity index (χ3n) is 5.20. The fourth-order valence-corrected chi connectivity index (χ4v) is 4.69. The van der Waals surface area contributed by atoms with Crippen LogP contribution in [-0.2, 0) is 29.3 Å². The van der Waals surface area contributed by atoms with Gasteiger partial charge < -0.3 is 9.73 Å². The summed E-state index contributed by atoms with van der Waals surface area (Å²) in [6, 6.07) is 13.5. The molecule has 1 aliphatic carbocycles. The van der Waals surface area contributed by atoms with Gasteiger partial charge in [0.1, 0.15) is 5.76 Å². The molecule has 0 saturated heterocycles. The first-order chi connectivity index (χ1) is 15.6. The first kappa shape index (κ1) is 23.1. The molecule has 0 aliphatic heterocycles. The number of benzene rings is 2. The summed E-state index contributed by atoms with van der Waals surface area (Å²) in [5, 5.41) is 2.87. The quantitative estimate of drug-likeness (QED) is 0.514. The van der Waals surface area contributed by atoms with Crippen molar-refractivity contribution in [3.05, 3.63) is 89.4 Å². The van der Waals surface area contributed by atoms with Gasteiger partial charge in [-0.25, -0.2) is 8.42 Å². The number of sulfonamides is 1. The van der Waals surface area contributed by atoms with Gasteiger partial charge in [-0.1, -0.05) is 18.2 Å². The molecule has 0 unspecified atom stereocenters. The molecule has 1 heterocycles. The fourth-order valence-electron chi connectivity index (χ4n) is 3.25. The van der Waals surface area contributed by atoms with Gasteiger partial charge in [0.25, 0.3) is 5.91 Å². The Kier molecular flexibility index (Phi) is 6.31. The van der Waals surface area contributed by atoms with E-state index in [1.807, 2.05) is 0 Å². The molecular weight excluding hydrogens is 457 g/mol. The Morgan fingerprint density at radius 1 is 1.03 bits per heavy atom. The maximum atomic E-state index is 13.3. The second kappa shape index (κ2) is 9.03. The topological polar surface area (TPSA) is 79.6 Å². The number of hydrogen-bond acceptors (Lipinski definition) is 4. The summed E-state index contributed by atoms with van der Waals surface area (Å²) in [7, 11) is -4.30. The van der Waals surface area contributed by atoms with Crippen molar-refractivity contribution in [3.63, 3.8) is 0 Å². The van der Waals surface area contributed by atoms with E-state index >= 15 is 0 Å². The van der Waals surface area contributed by atoms with E-state index < -0.39 is 26.7 Å². The van der Waals surface area contributed by atoms with E-state index in [1.165, 1.54) is 6.26 Å². The second-order valence-corrected chi connectivity index (χ2v) is 9.76. The molecule has 10 heteroatoms. The Labute approximate surface area is 189 Å². The molecule has 1 saturated carbocycles. The molecule has 4 rings (SSSR count). The summed E-state index contributed by atoms with van der Waals surface area (Å²) in [4.78, 5) is 11.7. The molecule has 0 atom stereocenters. The number of hydrogen-bond donors (Lipinski definition) is 1. The average Bonchev–Trinajstić information content (AvgIpc) is 3.44. The number of carbonyl (C=O) groups is 1. The number of alkyl halides is 3. The van der Waals surface area contributed by atoms with E-state index in [2.05, 4.69) is 5.32 Å². The van der Waals surface area contributed by atoms with E-state index in [-0.39, 0.29) is 25.0 Å². The summed E-state index contributed by atoms with van der Waals surface area (Å²) in [5.41, 5.74) is -0.0309. The SMILES string of the molecule is O=C(NC1CC1)c1ccc(CN(Cc2ccco2)S(=O)(=O)c2cccc(C(F)(F)F)c2)cc1. The van der Waals surface area contributed by atoms with Gasteiger partial charge in [-0.3, -0.25) is 4.79 Å². The zero-order valence-corrected chi connectivity index (χ0v) is 18.2. The Morgan fingerprint density at radius 2 is 1.76 bits per heavy atom. The predicted molar refractivity (Wildman–Crippen MR) is 114 cm³/mol. The standard InChI is InChI=1S/C23H21F3N2O4S/c24-23(25,26)18-3-1-5-21(13-18)33(30,31)28(15-20-4-2-12-32-20)14-16-6-8-17(9-7-16)22(29)27-19-10-11-19/h1-9,12-13,19H,10-11,14-15H2,(H,27,29).